The maximum atomic E-state index is 12.3. The molecule has 1 heterocycles. The Hall–Kier alpha value is -1.92. The van der Waals surface area contributed by atoms with Crippen LogP contribution in [0, 0.1) is 0 Å². The number of aromatic nitrogens is 1. The minimum atomic E-state index is -0.155. The smallest absolute Gasteiger partial charge is 0.257 e. The number of nitrogens with zero attached hydrogens (tertiary/aromatic N) is 1. The first-order valence-corrected chi connectivity index (χ1v) is 9.01. The second kappa shape index (κ2) is 9.39. The van der Waals surface area contributed by atoms with Gasteiger partial charge in [-0.25, -0.2) is 4.98 Å². The van der Waals surface area contributed by atoms with Gasteiger partial charge in [0, 0.05) is 17.6 Å². The molecule has 0 aliphatic heterocycles. The number of amides is 1. The Balaban J connectivity index is 1.99. The lowest BCUT2D eigenvalue weighted by atomic mass is 10.2. The highest BCUT2D eigenvalue weighted by Crippen LogP contribution is 2.25. The van der Waals surface area contributed by atoms with Crippen molar-refractivity contribution in [2.75, 3.05) is 25.6 Å². The third-order valence-electron chi connectivity index (χ3n) is 3.48. The van der Waals surface area contributed by atoms with Crippen LogP contribution in [0.1, 0.15) is 41.2 Å². The predicted molar refractivity (Wildman–Crippen MR) is 97.3 cm³/mol. The number of carbonyl (C=O) groups excluding carboxylic acids is 1. The van der Waals surface area contributed by atoms with Crippen LogP contribution >= 0.6 is 11.3 Å². The van der Waals surface area contributed by atoms with Crippen LogP contribution in [0.15, 0.2) is 24.3 Å². The van der Waals surface area contributed by atoms with Gasteiger partial charge in [0.25, 0.3) is 5.91 Å². The first kappa shape index (κ1) is 18.4. The third kappa shape index (κ3) is 5.04. The number of rotatable bonds is 9. The average Bonchev–Trinajstić information content (AvgIpc) is 2.97. The molecule has 2 rings (SSSR count). The van der Waals surface area contributed by atoms with Crippen molar-refractivity contribution in [1.82, 2.24) is 4.98 Å². The standard InChI is InChI=1S/C18H24N2O3S/c1-4-6-15-16(5-2)24-18(19-15)20-17(21)13-7-9-14(10-8-13)23-12-11-22-3/h7-10H,4-6,11-12H2,1-3H3,(H,19,20,21). The summed E-state index contributed by atoms with van der Waals surface area (Å²) >= 11 is 1.56. The number of aryl methyl sites for hydroxylation is 2. The lowest BCUT2D eigenvalue weighted by Gasteiger charge is -2.06. The zero-order valence-corrected chi connectivity index (χ0v) is 15.2. The topological polar surface area (TPSA) is 60.5 Å². The Morgan fingerprint density at radius 3 is 2.58 bits per heavy atom. The van der Waals surface area contributed by atoms with Gasteiger partial charge in [-0.15, -0.1) is 11.3 Å². The Morgan fingerprint density at radius 1 is 1.21 bits per heavy atom. The van der Waals surface area contributed by atoms with Crippen molar-refractivity contribution in [2.24, 2.45) is 0 Å². The lowest BCUT2D eigenvalue weighted by molar-refractivity contribution is 0.102. The summed E-state index contributed by atoms with van der Waals surface area (Å²) in [7, 11) is 1.63. The Labute approximate surface area is 147 Å². The molecule has 0 aliphatic carbocycles. The molecule has 0 saturated carbocycles. The molecule has 1 aromatic heterocycles. The van der Waals surface area contributed by atoms with Crippen LogP contribution in [0.4, 0.5) is 5.13 Å². The highest BCUT2D eigenvalue weighted by Gasteiger charge is 2.13. The minimum Gasteiger partial charge on any atom is -0.491 e. The quantitative estimate of drug-likeness (QED) is 0.697. The Kier molecular flexibility index (Phi) is 7.21. The maximum Gasteiger partial charge on any atom is 0.257 e. The summed E-state index contributed by atoms with van der Waals surface area (Å²) in [6.45, 7) is 5.27. The molecular formula is C18H24N2O3S. The molecular weight excluding hydrogens is 324 g/mol. The zero-order chi connectivity index (χ0) is 17.4. The molecule has 2 aromatic rings. The van der Waals surface area contributed by atoms with Crippen LogP contribution in [0.25, 0.3) is 0 Å². The van der Waals surface area contributed by atoms with Crippen LogP contribution in [-0.4, -0.2) is 31.2 Å². The molecule has 0 aliphatic rings. The summed E-state index contributed by atoms with van der Waals surface area (Å²) in [4.78, 5) is 18.1. The van der Waals surface area contributed by atoms with Gasteiger partial charge in [0.15, 0.2) is 5.13 Å². The number of benzene rings is 1. The molecule has 24 heavy (non-hydrogen) atoms. The molecule has 0 atom stereocenters. The van der Waals surface area contributed by atoms with E-state index in [-0.39, 0.29) is 5.91 Å². The van der Waals surface area contributed by atoms with E-state index < -0.39 is 0 Å². The summed E-state index contributed by atoms with van der Waals surface area (Å²) in [6, 6.07) is 7.07. The second-order valence-corrected chi connectivity index (χ2v) is 6.40. The molecule has 0 radical (unpaired) electrons. The van der Waals surface area contributed by atoms with E-state index in [1.807, 2.05) is 0 Å². The van der Waals surface area contributed by atoms with E-state index in [0.717, 1.165) is 30.7 Å². The van der Waals surface area contributed by atoms with E-state index in [1.54, 1.807) is 42.7 Å². The molecule has 1 aromatic carbocycles. The fraction of sp³-hybridized carbons (Fsp3) is 0.444. The molecule has 5 nitrogen and oxygen atoms in total. The maximum absolute atomic E-state index is 12.3. The lowest BCUT2D eigenvalue weighted by Crippen LogP contribution is -2.11. The normalized spacial score (nSPS) is 10.6. The van der Waals surface area contributed by atoms with E-state index in [1.165, 1.54) is 4.88 Å². The van der Waals surface area contributed by atoms with Gasteiger partial charge in [-0.05, 0) is 37.1 Å². The van der Waals surface area contributed by atoms with Gasteiger partial charge in [-0.2, -0.15) is 0 Å². The number of thiazole rings is 1. The molecule has 0 fully saturated rings. The van der Waals surface area contributed by atoms with E-state index >= 15 is 0 Å². The van der Waals surface area contributed by atoms with Crippen molar-refractivity contribution in [1.29, 1.82) is 0 Å². The Bertz CT molecular complexity index is 653. The molecule has 0 unspecified atom stereocenters. The third-order valence-corrected chi connectivity index (χ3v) is 4.64. The van der Waals surface area contributed by atoms with Gasteiger partial charge in [0.2, 0.25) is 0 Å². The molecule has 0 saturated heterocycles. The number of methoxy groups -OCH3 is 1. The van der Waals surface area contributed by atoms with Crippen molar-refractivity contribution in [3.63, 3.8) is 0 Å². The summed E-state index contributed by atoms with van der Waals surface area (Å²) in [5.74, 6) is 0.564. The summed E-state index contributed by atoms with van der Waals surface area (Å²) in [6.07, 6.45) is 2.94. The fourth-order valence-electron chi connectivity index (χ4n) is 2.26. The molecule has 1 amide bonds. The van der Waals surface area contributed by atoms with Crippen molar-refractivity contribution in [2.45, 2.75) is 33.1 Å². The van der Waals surface area contributed by atoms with E-state index in [0.29, 0.717) is 23.9 Å². The van der Waals surface area contributed by atoms with Crippen LogP contribution < -0.4 is 10.1 Å². The fourth-order valence-corrected chi connectivity index (χ4v) is 3.20. The first-order valence-electron chi connectivity index (χ1n) is 8.19. The summed E-state index contributed by atoms with van der Waals surface area (Å²) in [5, 5.41) is 3.56. The number of carbonyl (C=O) groups is 1. The van der Waals surface area contributed by atoms with Gasteiger partial charge in [0.05, 0.1) is 12.3 Å². The van der Waals surface area contributed by atoms with Crippen LogP contribution in [0.5, 0.6) is 5.75 Å². The number of hydrogen-bond acceptors (Lipinski definition) is 5. The molecule has 6 heteroatoms. The molecule has 1 N–H and O–H groups in total. The largest absolute Gasteiger partial charge is 0.491 e. The monoisotopic (exact) mass is 348 g/mol. The number of anilines is 1. The minimum absolute atomic E-state index is 0.155. The second-order valence-electron chi connectivity index (χ2n) is 5.31. The van der Waals surface area contributed by atoms with Crippen molar-refractivity contribution in [3.05, 3.63) is 40.4 Å². The molecule has 0 spiro atoms. The summed E-state index contributed by atoms with van der Waals surface area (Å²) < 4.78 is 10.4. The molecule has 130 valence electrons. The predicted octanol–water partition coefficient (Wildman–Crippen LogP) is 3.94. The van der Waals surface area contributed by atoms with Gasteiger partial charge < -0.3 is 9.47 Å². The average molecular weight is 348 g/mol. The van der Waals surface area contributed by atoms with E-state index in [2.05, 4.69) is 24.1 Å². The van der Waals surface area contributed by atoms with Crippen molar-refractivity contribution in [3.8, 4) is 5.75 Å². The highest BCUT2D eigenvalue weighted by molar-refractivity contribution is 7.15. The van der Waals surface area contributed by atoms with E-state index in [9.17, 15) is 4.79 Å². The van der Waals surface area contributed by atoms with Gasteiger partial charge >= 0.3 is 0 Å². The van der Waals surface area contributed by atoms with Crippen LogP contribution in [0.2, 0.25) is 0 Å². The van der Waals surface area contributed by atoms with Crippen molar-refractivity contribution < 1.29 is 14.3 Å². The van der Waals surface area contributed by atoms with E-state index in [4.69, 9.17) is 9.47 Å². The van der Waals surface area contributed by atoms with Crippen molar-refractivity contribution >= 4 is 22.4 Å². The van der Waals surface area contributed by atoms with Gasteiger partial charge in [0.1, 0.15) is 12.4 Å². The number of hydrogen-bond donors (Lipinski definition) is 1. The summed E-state index contributed by atoms with van der Waals surface area (Å²) in [5.41, 5.74) is 1.68. The highest BCUT2D eigenvalue weighted by atomic mass is 32.1. The Morgan fingerprint density at radius 2 is 1.96 bits per heavy atom. The van der Waals surface area contributed by atoms with Crippen LogP contribution in [-0.2, 0) is 17.6 Å². The van der Waals surface area contributed by atoms with Crippen LogP contribution in [0.3, 0.4) is 0 Å². The zero-order valence-electron chi connectivity index (χ0n) is 14.4. The molecule has 0 bridgehead atoms. The number of nitrogens with one attached hydrogen (secondary N) is 1. The van der Waals surface area contributed by atoms with Gasteiger partial charge in [-0.1, -0.05) is 20.3 Å². The number of ether oxygens (including phenoxy) is 2. The first-order chi connectivity index (χ1) is 11.7. The van der Waals surface area contributed by atoms with Gasteiger partial charge in [-0.3, -0.25) is 10.1 Å². The SMILES string of the molecule is CCCc1nc(NC(=O)c2ccc(OCCOC)cc2)sc1CC.